The summed E-state index contributed by atoms with van der Waals surface area (Å²) in [6.07, 6.45) is 2.38. The molecule has 0 radical (unpaired) electrons. The Bertz CT molecular complexity index is 1450. The standard InChI is InChI=1S/C22H23ClN8O4/c1-2-29-21(32)30(13-14-3-5-15(23)6-4-14)20(31(24)22(29)33)27-16-7-9-17(10-8-16)34-18-11-12-26-19(28-18)35-25/h3-12,19,28H,2,13,24-25H2,1H3. The van der Waals surface area contributed by atoms with Crippen LogP contribution in [0.3, 0.4) is 0 Å². The Balaban J connectivity index is 1.71. The van der Waals surface area contributed by atoms with E-state index in [9.17, 15) is 9.59 Å². The van der Waals surface area contributed by atoms with E-state index in [2.05, 4.69) is 20.1 Å². The summed E-state index contributed by atoms with van der Waals surface area (Å²) in [5.41, 5.74) is 0.0298. The lowest BCUT2D eigenvalue weighted by Crippen LogP contribution is -2.57. The minimum Gasteiger partial charge on any atom is -0.441 e. The van der Waals surface area contributed by atoms with Crippen LogP contribution in [0.5, 0.6) is 5.75 Å². The van der Waals surface area contributed by atoms with Gasteiger partial charge in [-0.05, 0) is 48.9 Å². The number of rotatable bonds is 7. The molecule has 35 heavy (non-hydrogen) atoms. The molecule has 0 amide bonds. The summed E-state index contributed by atoms with van der Waals surface area (Å²) in [6.45, 7) is 1.99. The number of aliphatic imine (C=N–C) groups is 1. The predicted octanol–water partition coefficient (Wildman–Crippen LogP) is 0.547. The Morgan fingerprint density at radius 3 is 2.46 bits per heavy atom. The number of halogens is 1. The van der Waals surface area contributed by atoms with Crippen molar-refractivity contribution < 1.29 is 9.57 Å². The molecule has 5 N–H and O–H groups in total. The highest BCUT2D eigenvalue weighted by atomic mass is 35.5. The average molecular weight is 499 g/mol. The number of ether oxygens (including phenoxy) is 1. The number of nitrogen functional groups attached to an aromatic ring is 1. The van der Waals surface area contributed by atoms with Gasteiger partial charge in [-0.1, -0.05) is 23.7 Å². The van der Waals surface area contributed by atoms with Crippen molar-refractivity contribution in [3.8, 4) is 5.75 Å². The van der Waals surface area contributed by atoms with Gasteiger partial charge in [0.05, 0.1) is 12.2 Å². The van der Waals surface area contributed by atoms with Gasteiger partial charge in [-0.25, -0.2) is 30.0 Å². The van der Waals surface area contributed by atoms with E-state index >= 15 is 0 Å². The van der Waals surface area contributed by atoms with Gasteiger partial charge in [0.2, 0.25) is 12.0 Å². The van der Waals surface area contributed by atoms with Crippen molar-refractivity contribution in [2.75, 3.05) is 5.84 Å². The first-order chi connectivity index (χ1) is 16.9. The second kappa shape index (κ2) is 10.4. The van der Waals surface area contributed by atoms with Crippen LogP contribution in [0, 0.1) is 0 Å². The maximum atomic E-state index is 13.1. The van der Waals surface area contributed by atoms with Crippen LogP contribution in [0.1, 0.15) is 12.5 Å². The number of aromatic nitrogens is 3. The number of allylic oxidation sites excluding steroid dienone is 1. The van der Waals surface area contributed by atoms with Gasteiger partial charge in [-0.2, -0.15) is 4.68 Å². The van der Waals surface area contributed by atoms with Crippen LogP contribution in [0.15, 0.2) is 80.1 Å². The topological polar surface area (TPSA) is 156 Å². The summed E-state index contributed by atoms with van der Waals surface area (Å²) in [5, 5.41) is 3.41. The maximum absolute atomic E-state index is 13.1. The zero-order valence-corrected chi connectivity index (χ0v) is 19.4. The van der Waals surface area contributed by atoms with Gasteiger partial charge in [0, 0.05) is 23.9 Å². The smallest absolute Gasteiger partial charge is 0.353 e. The van der Waals surface area contributed by atoms with E-state index in [1.54, 1.807) is 61.5 Å². The fourth-order valence-corrected chi connectivity index (χ4v) is 3.44. The molecule has 0 saturated carbocycles. The molecule has 4 rings (SSSR count). The second-order valence-electron chi connectivity index (χ2n) is 7.36. The van der Waals surface area contributed by atoms with Gasteiger partial charge < -0.3 is 15.9 Å². The Morgan fingerprint density at radius 1 is 1.09 bits per heavy atom. The lowest BCUT2D eigenvalue weighted by Gasteiger charge is -2.18. The summed E-state index contributed by atoms with van der Waals surface area (Å²) in [7, 11) is 0. The molecule has 0 saturated heterocycles. The third-order valence-corrected chi connectivity index (χ3v) is 5.31. The Hall–Kier alpha value is -4.13. The number of benzene rings is 2. The number of nitrogens with zero attached hydrogens (tertiary/aromatic N) is 5. The summed E-state index contributed by atoms with van der Waals surface area (Å²) in [4.78, 5) is 38.8. The zero-order valence-electron chi connectivity index (χ0n) is 18.7. The Kier molecular flexibility index (Phi) is 7.15. The van der Waals surface area contributed by atoms with E-state index in [0.717, 1.165) is 14.8 Å². The largest absolute Gasteiger partial charge is 0.441 e. The molecule has 1 aliphatic heterocycles. The fourth-order valence-electron chi connectivity index (χ4n) is 3.31. The number of hydrogen-bond donors (Lipinski definition) is 3. The van der Waals surface area contributed by atoms with Gasteiger partial charge in [-0.3, -0.25) is 9.40 Å². The van der Waals surface area contributed by atoms with Crippen molar-refractivity contribution in [3.63, 3.8) is 0 Å². The number of hydrogen-bond acceptors (Lipinski definition) is 9. The molecule has 182 valence electrons. The van der Waals surface area contributed by atoms with Crippen LogP contribution in [0.25, 0.3) is 0 Å². The molecule has 0 bridgehead atoms. The van der Waals surface area contributed by atoms with E-state index in [1.807, 2.05) is 0 Å². The van der Waals surface area contributed by atoms with E-state index < -0.39 is 17.7 Å². The van der Waals surface area contributed by atoms with Crippen LogP contribution < -0.4 is 38.8 Å². The van der Waals surface area contributed by atoms with Crippen molar-refractivity contribution in [1.29, 1.82) is 0 Å². The molecule has 1 aliphatic rings. The second-order valence-corrected chi connectivity index (χ2v) is 7.80. The van der Waals surface area contributed by atoms with Crippen LogP contribution >= 0.6 is 11.6 Å². The molecule has 0 aliphatic carbocycles. The molecule has 2 heterocycles. The van der Waals surface area contributed by atoms with Crippen molar-refractivity contribution in [2.24, 2.45) is 15.9 Å². The maximum Gasteiger partial charge on any atom is 0.353 e. The molecule has 3 aromatic rings. The van der Waals surface area contributed by atoms with Crippen molar-refractivity contribution >= 4 is 23.5 Å². The normalized spacial score (nSPS) is 15.6. The first-order valence-corrected chi connectivity index (χ1v) is 10.9. The lowest BCUT2D eigenvalue weighted by molar-refractivity contribution is 0.0338. The average Bonchev–Trinajstić information content (AvgIpc) is 2.87. The quantitative estimate of drug-likeness (QED) is 0.317. The third kappa shape index (κ3) is 5.35. The predicted molar refractivity (Wildman–Crippen MR) is 130 cm³/mol. The van der Waals surface area contributed by atoms with Gasteiger partial charge >= 0.3 is 11.4 Å². The molecule has 1 atom stereocenters. The Morgan fingerprint density at radius 2 is 1.80 bits per heavy atom. The van der Waals surface area contributed by atoms with E-state index in [-0.39, 0.29) is 18.7 Å². The molecule has 1 aromatic heterocycles. The van der Waals surface area contributed by atoms with E-state index in [1.165, 1.54) is 10.8 Å². The van der Waals surface area contributed by atoms with E-state index in [0.29, 0.717) is 22.3 Å². The summed E-state index contributed by atoms with van der Waals surface area (Å²) in [6, 6.07) is 13.7. The zero-order chi connectivity index (χ0) is 24.9. The van der Waals surface area contributed by atoms with Crippen molar-refractivity contribution in [3.05, 3.63) is 97.7 Å². The summed E-state index contributed by atoms with van der Waals surface area (Å²) < 4.78 is 8.96. The Labute approximate surface area is 203 Å². The highest BCUT2D eigenvalue weighted by Gasteiger charge is 2.14. The van der Waals surface area contributed by atoms with Crippen LogP contribution in [-0.2, 0) is 17.9 Å². The fraction of sp³-hybridized carbons (Fsp3) is 0.182. The number of nitrogens with one attached hydrogen (secondary N) is 1. The highest BCUT2D eigenvalue weighted by Crippen LogP contribution is 2.19. The van der Waals surface area contributed by atoms with Crippen molar-refractivity contribution in [1.82, 2.24) is 19.1 Å². The monoisotopic (exact) mass is 498 g/mol. The van der Waals surface area contributed by atoms with E-state index in [4.69, 9.17) is 28.1 Å². The van der Waals surface area contributed by atoms with Gasteiger partial charge in [0.25, 0.3) is 0 Å². The molecular formula is C22H23ClN8O4. The van der Waals surface area contributed by atoms with Crippen LogP contribution in [-0.4, -0.2) is 26.4 Å². The lowest BCUT2D eigenvalue weighted by atomic mass is 10.2. The van der Waals surface area contributed by atoms with Crippen LogP contribution in [0.4, 0.5) is 5.69 Å². The highest BCUT2D eigenvalue weighted by molar-refractivity contribution is 6.30. The summed E-state index contributed by atoms with van der Waals surface area (Å²) in [5.74, 6) is 12.1. The van der Waals surface area contributed by atoms with Crippen LogP contribution in [0.2, 0.25) is 5.02 Å². The first kappa shape index (κ1) is 24.0. The minimum atomic E-state index is -0.744. The molecule has 1 unspecified atom stereocenters. The summed E-state index contributed by atoms with van der Waals surface area (Å²) >= 11 is 5.97. The molecular weight excluding hydrogens is 476 g/mol. The SMILES string of the molecule is CCn1c(=O)n(N)c(=Nc2ccc(OC3=CC=NC(ON)N3)cc2)n(Cc2ccc(Cl)cc2)c1=O. The van der Waals surface area contributed by atoms with Gasteiger partial charge in [0.15, 0.2) is 5.88 Å². The minimum absolute atomic E-state index is 0.0101. The van der Waals surface area contributed by atoms with Gasteiger partial charge in [-0.15, -0.1) is 0 Å². The molecule has 13 heteroatoms. The third-order valence-electron chi connectivity index (χ3n) is 5.06. The number of nitrogens with two attached hydrogens (primary N) is 2. The molecule has 12 nitrogen and oxygen atoms in total. The molecule has 2 aromatic carbocycles. The molecule has 0 spiro atoms. The first-order valence-electron chi connectivity index (χ1n) is 10.5. The van der Waals surface area contributed by atoms with Crippen molar-refractivity contribution in [2.45, 2.75) is 26.4 Å². The molecule has 0 fully saturated rings. The van der Waals surface area contributed by atoms with Gasteiger partial charge in [0.1, 0.15) is 5.75 Å².